The van der Waals surface area contributed by atoms with E-state index in [2.05, 4.69) is 21.2 Å². The molecule has 0 spiro atoms. The molecule has 19 heavy (non-hydrogen) atoms. The van der Waals surface area contributed by atoms with Gasteiger partial charge in [0.1, 0.15) is 11.5 Å². The van der Waals surface area contributed by atoms with Crippen molar-refractivity contribution in [1.29, 1.82) is 0 Å². The van der Waals surface area contributed by atoms with Gasteiger partial charge >= 0.3 is 0 Å². The summed E-state index contributed by atoms with van der Waals surface area (Å²) in [6, 6.07) is 11.3. The predicted octanol–water partition coefficient (Wildman–Crippen LogP) is 5.11. The summed E-state index contributed by atoms with van der Waals surface area (Å²) in [5, 5.41) is 3.20. The number of hydrogen-bond donors (Lipinski definition) is 1. The third-order valence-electron chi connectivity index (χ3n) is 2.38. The molecule has 0 atom stereocenters. The van der Waals surface area contributed by atoms with Crippen molar-refractivity contribution < 1.29 is 13.2 Å². The largest absolute Gasteiger partial charge is 0.463 e. The molecule has 0 bridgehead atoms. The van der Waals surface area contributed by atoms with Crippen molar-refractivity contribution in [3.8, 4) is 0 Å². The van der Waals surface area contributed by atoms with Gasteiger partial charge in [0.05, 0.1) is 12.3 Å². The third kappa shape index (κ3) is 4.87. The van der Waals surface area contributed by atoms with Gasteiger partial charge in [-0.05, 0) is 36.4 Å². The molecule has 0 fully saturated rings. The molecule has 0 unspecified atom stereocenters. The summed E-state index contributed by atoms with van der Waals surface area (Å²) < 4.78 is 30.5. The van der Waals surface area contributed by atoms with Gasteiger partial charge < -0.3 is 9.73 Å². The van der Waals surface area contributed by atoms with E-state index in [0.29, 0.717) is 24.1 Å². The van der Waals surface area contributed by atoms with Crippen LogP contribution in [0.1, 0.15) is 11.5 Å². The lowest BCUT2D eigenvalue weighted by Gasteiger charge is -2.04. The summed E-state index contributed by atoms with van der Waals surface area (Å²) in [4.78, 5) is 0. The van der Waals surface area contributed by atoms with Gasteiger partial charge in [-0.15, -0.1) is 0 Å². The molecule has 6 heteroatoms. The second-order valence-electron chi connectivity index (χ2n) is 3.80. The maximum Gasteiger partial charge on any atom is 0.284 e. The Hall–Kier alpha value is -1.01. The molecular weight excluding hydrogens is 336 g/mol. The highest BCUT2D eigenvalue weighted by atomic mass is 79.9. The average Bonchev–Trinajstić information content (AvgIpc) is 2.84. The lowest BCUT2D eigenvalue weighted by atomic mass is 10.3. The normalized spacial score (nSPS) is 10.9. The Morgan fingerprint density at radius 2 is 1.79 bits per heavy atom. The monoisotopic (exact) mass is 347 g/mol. The molecule has 0 aliphatic rings. The summed E-state index contributed by atoms with van der Waals surface area (Å²) in [6.45, 7) is 0.529. The molecule has 1 heterocycles. The summed E-state index contributed by atoms with van der Waals surface area (Å²) in [7, 11) is 0. The van der Waals surface area contributed by atoms with E-state index in [-0.39, 0.29) is 5.75 Å². The fourth-order valence-corrected chi connectivity index (χ4v) is 2.21. The molecule has 0 saturated heterocycles. The quantitative estimate of drug-likeness (QED) is 0.785. The number of thioether (sulfide) groups is 1. The molecule has 0 saturated carbocycles. The first kappa shape index (κ1) is 14.4. The number of nitrogens with one attached hydrogen (secondary N) is 1. The van der Waals surface area contributed by atoms with Crippen LogP contribution in [0.15, 0.2) is 45.3 Å². The minimum absolute atomic E-state index is 0.190. The van der Waals surface area contributed by atoms with Crippen LogP contribution in [0.25, 0.3) is 0 Å². The summed E-state index contributed by atoms with van der Waals surface area (Å²) in [6.07, 6.45) is 0. The number of hydrogen-bond acceptors (Lipinski definition) is 3. The van der Waals surface area contributed by atoms with Crippen molar-refractivity contribution >= 4 is 33.4 Å². The summed E-state index contributed by atoms with van der Waals surface area (Å²) >= 11 is 3.92. The molecule has 1 aromatic carbocycles. The minimum Gasteiger partial charge on any atom is -0.463 e. The molecule has 0 aliphatic carbocycles. The van der Waals surface area contributed by atoms with Gasteiger partial charge in [-0.2, -0.15) is 8.78 Å². The fourth-order valence-electron chi connectivity index (χ4n) is 1.50. The van der Waals surface area contributed by atoms with Gasteiger partial charge in [0.2, 0.25) is 0 Å². The standard InChI is InChI=1S/C13H12BrF2NOS/c14-9-1-3-10(4-2-9)17-7-11-5-6-12(18-11)8-19-13(15)16/h1-6,13,17H,7-8H2. The van der Waals surface area contributed by atoms with Gasteiger partial charge in [0, 0.05) is 10.2 Å². The molecule has 2 rings (SSSR count). The van der Waals surface area contributed by atoms with Crippen LogP contribution in [0.5, 0.6) is 0 Å². The first-order valence-corrected chi connectivity index (χ1v) is 7.44. The molecule has 102 valence electrons. The van der Waals surface area contributed by atoms with Crippen LogP contribution in [-0.2, 0) is 12.3 Å². The number of benzene rings is 1. The number of furan rings is 1. The molecule has 1 N–H and O–H groups in total. The number of rotatable bonds is 6. The van der Waals surface area contributed by atoms with Crippen LogP contribution >= 0.6 is 27.7 Å². The number of halogens is 3. The van der Waals surface area contributed by atoms with Crippen molar-refractivity contribution in [2.24, 2.45) is 0 Å². The zero-order valence-electron chi connectivity index (χ0n) is 9.91. The summed E-state index contributed by atoms with van der Waals surface area (Å²) in [5.74, 6) is -0.879. The summed E-state index contributed by atoms with van der Waals surface area (Å²) in [5.41, 5.74) is 0.975. The van der Waals surface area contributed by atoms with Crippen molar-refractivity contribution in [3.05, 3.63) is 52.4 Å². The Bertz CT molecular complexity index is 516. The Morgan fingerprint density at radius 3 is 2.47 bits per heavy atom. The zero-order chi connectivity index (χ0) is 13.7. The Labute approximate surface area is 122 Å². The van der Waals surface area contributed by atoms with E-state index >= 15 is 0 Å². The van der Waals surface area contributed by atoms with Crippen molar-refractivity contribution in [3.63, 3.8) is 0 Å². The van der Waals surface area contributed by atoms with Crippen molar-refractivity contribution in [2.75, 3.05) is 5.32 Å². The lowest BCUT2D eigenvalue weighted by Crippen LogP contribution is -1.97. The van der Waals surface area contributed by atoms with Crippen LogP contribution in [0.2, 0.25) is 0 Å². The van der Waals surface area contributed by atoms with E-state index < -0.39 is 5.76 Å². The van der Waals surface area contributed by atoms with E-state index in [4.69, 9.17) is 4.42 Å². The van der Waals surface area contributed by atoms with Gasteiger partial charge in [-0.1, -0.05) is 27.7 Å². The highest BCUT2D eigenvalue weighted by Crippen LogP contribution is 2.22. The average molecular weight is 348 g/mol. The van der Waals surface area contributed by atoms with E-state index in [1.54, 1.807) is 12.1 Å². The van der Waals surface area contributed by atoms with Gasteiger partial charge in [0.15, 0.2) is 0 Å². The molecule has 2 nitrogen and oxygen atoms in total. The molecule has 0 amide bonds. The second-order valence-corrected chi connectivity index (χ2v) is 5.69. The van der Waals surface area contributed by atoms with Crippen LogP contribution < -0.4 is 5.32 Å². The van der Waals surface area contributed by atoms with Crippen LogP contribution in [0, 0.1) is 0 Å². The van der Waals surface area contributed by atoms with Crippen LogP contribution in [0.3, 0.4) is 0 Å². The van der Waals surface area contributed by atoms with Gasteiger partial charge in [-0.3, -0.25) is 0 Å². The Balaban J connectivity index is 1.84. The molecule has 1 aromatic heterocycles. The highest BCUT2D eigenvalue weighted by Gasteiger charge is 2.07. The van der Waals surface area contributed by atoms with E-state index in [9.17, 15) is 8.78 Å². The minimum atomic E-state index is -2.37. The van der Waals surface area contributed by atoms with E-state index in [1.165, 1.54) is 0 Å². The highest BCUT2D eigenvalue weighted by molar-refractivity contribution is 9.10. The van der Waals surface area contributed by atoms with Crippen molar-refractivity contribution in [2.45, 2.75) is 18.1 Å². The Kier molecular flexibility index (Phi) is 5.27. The number of alkyl halides is 2. The zero-order valence-corrected chi connectivity index (χ0v) is 12.3. The maximum atomic E-state index is 12.0. The second kappa shape index (κ2) is 6.96. The Morgan fingerprint density at radius 1 is 1.11 bits per heavy atom. The third-order valence-corrected chi connectivity index (χ3v) is 3.61. The first-order chi connectivity index (χ1) is 9.13. The number of anilines is 1. The maximum absolute atomic E-state index is 12.0. The smallest absolute Gasteiger partial charge is 0.284 e. The first-order valence-electron chi connectivity index (χ1n) is 5.60. The van der Waals surface area contributed by atoms with E-state index in [0.717, 1.165) is 15.9 Å². The lowest BCUT2D eigenvalue weighted by molar-refractivity contribution is 0.251. The van der Waals surface area contributed by atoms with Crippen molar-refractivity contribution in [1.82, 2.24) is 0 Å². The predicted molar refractivity (Wildman–Crippen MR) is 77.5 cm³/mol. The van der Waals surface area contributed by atoms with E-state index in [1.807, 2.05) is 24.3 Å². The molecular formula is C13H12BrF2NOS. The van der Waals surface area contributed by atoms with Crippen LogP contribution in [-0.4, -0.2) is 5.76 Å². The molecule has 0 radical (unpaired) electrons. The molecule has 2 aromatic rings. The SMILES string of the molecule is FC(F)SCc1ccc(CNc2ccc(Br)cc2)o1. The van der Waals surface area contributed by atoms with Gasteiger partial charge in [-0.25, -0.2) is 0 Å². The molecule has 0 aliphatic heterocycles. The van der Waals surface area contributed by atoms with Crippen LogP contribution in [0.4, 0.5) is 14.5 Å². The topological polar surface area (TPSA) is 25.2 Å². The van der Waals surface area contributed by atoms with Gasteiger partial charge in [0.25, 0.3) is 5.76 Å². The fraction of sp³-hybridized carbons (Fsp3) is 0.231.